The lowest BCUT2D eigenvalue weighted by molar-refractivity contribution is -0.137. The Balaban J connectivity index is 1.14. The van der Waals surface area contributed by atoms with E-state index in [-0.39, 0.29) is 27.9 Å². The van der Waals surface area contributed by atoms with Crippen LogP contribution in [0, 0.1) is 11.3 Å². The first kappa shape index (κ1) is 38.5. The summed E-state index contributed by atoms with van der Waals surface area (Å²) >= 11 is 1.85. The summed E-state index contributed by atoms with van der Waals surface area (Å²) < 4.78 is 0.0548. The number of nitrogens with one attached hydrogen (secondary N) is 2. The van der Waals surface area contributed by atoms with Crippen LogP contribution >= 0.6 is 11.8 Å². The maximum Gasteiger partial charge on any atom is 0.253 e. The van der Waals surface area contributed by atoms with Gasteiger partial charge < -0.3 is 20.3 Å². The van der Waals surface area contributed by atoms with E-state index in [9.17, 15) is 24.3 Å². The van der Waals surface area contributed by atoms with E-state index in [0.717, 1.165) is 75.7 Å². The summed E-state index contributed by atoms with van der Waals surface area (Å²) in [5.74, 6) is 0.530. The highest BCUT2D eigenvalue weighted by Crippen LogP contribution is 2.45. The fourth-order valence-corrected chi connectivity index (χ4v) is 7.84. The molecule has 0 radical (unpaired) electrons. The Kier molecular flexibility index (Phi) is 13.4. The first-order chi connectivity index (χ1) is 23.1. The lowest BCUT2D eigenvalue weighted by atomic mass is 9.88. The number of benzene rings is 1. The molecule has 9 nitrogen and oxygen atoms in total. The second-order valence-corrected chi connectivity index (χ2v) is 17.9. The summed E-state index contributed by atoms with van der Waals surface area (Å²) in [5.41, 5.74) is 3.36. The van der Waals surface area contributed by atoms with E-state index in [1.54, 1.807) is 0 Å². The van der Waals surface area contributed by atoms with Crippen LogP contribution in [-0.4, -0.2) is 69.4 Å². The van der Waals surface area contributed by atoms with Crippen molar-refractivity contribution in [1.29, 1.82) is 0 Å². The van der Waals surface area contributed by atoms with E-state index in [2.05, 4.69) is 62.8 Å². The Morgan fingerprint density at radius 1 is 0.939 bits per heavy atom. The van der Waals surface area contributed by atoms with Gasteiger partial charge in [-0.15, -0.1) is 11.8 Å². The van der Waals surface area contributed by atoms with Gasteiger partial charge in [-0.3, -0.25) is 24.1 Å². The maximum atomic E-state index is 12.7. The Hall–Kier alpha value is -3.27. The molecule has 2 aromatic rings. The lowest BCUT2D eigenvalue weighted by Gasteiger charge is -2.22. The minimum atomic E-state index is -0.261. The number of rotatable bonds is 18. The van der Waals surface area contributed by atoms with Gasteiger partial charge in [0.05, 0.1) is 10.5 Å². The number of hydrogen-bond acceptors (Lipinski definition) is 7. The van der Waals surface area contributed by atoms with Crippen molar-refractivity contribution >= 4 is 51.9 Å². The standard InChI is InChI=1S/C39H58N4O5S/c1-38(2,3)25-30-29-17-18-31(45)36(35(29)41-37(30)49-39(4,5)6)42-24-21-27(26-42)15-16-28(44)13-9-7-11-22-40-32(46)14-10-8-12-23-43-33(47)19-20-34(43)48/h17-20,27,41,45H,7-16,21-26H2,1-6H3,(H,40,46). The van der Waals surface area contributed by atoms with Gasteiger partial charge in [0, 0.05) is 67.7 Å². The molecule has 2 aliphatic heterocycles. The van der Waals surface area contributed by atoms with Crippen LogP contribution in [0.25, 0.3) is 10.9 Å². The maximum absolute atomic E-state index is 12.7. The topological polar surface area (TPSA) is 123 Å². The number of thioether (sulfide) groups is 1. The predicted octanol–water partition coefficient (Wildman–Crippen LogP) is 7.69. The van der Waals surface area contributed by atoms with Crippen LogP contribution in [0.4, 0.5) is 5.69 Å². The van der Waals surface area contributed by atoms with Gasteiger partial charge in [0.1, 0.15) is 17.2 Å². The Bertz CT molecular complexity index is 1500. The van der Waals surface area contributed by atoms with Crippen molar-refractivity contribution in [2.75, 3.05) is 31.1 Å². The summed E-state index contributed by atoms with van der Waals surface area (Å²) in [6, 6.07) is 3.91. The molecule has 0 spiro atoms. The summed E-state index contributed by atoms with van der Waals surface area (Å²) in [5, 5.41) is 16.4. The molecule has 3 amide bonds. The van der Waals surface area contributed by atoms with Crippen LogP contribution in [0.1, 0.15) is 118 Å². The Morgan fingerprint density at radius 2 is 1.63 bits per heavy atom. The molecule has 1 aromatic heterocycles. The number of carbonyl (C=O) groups excluding carboxylic acids is 4. The van der Waals surface area contributed by atoms with Crippen molar-refractivity contribution in [3.8, 4) is 5.75 Å². The van der Waals surface area contributed by atoms with E-state index in [1.807, 2.05) is 17.8 Å². The van der Waals surface area contributed by atoms with Crippen LogP contribution in [0.5, 0.6) is 5.75 Å². The molecule has 4 rings (SSSR count). The van der Waals surface area contributed by atoms with E-state index in [0.29, 0.717) is 56.2 Å². The number of nitrogens with zero attached hydrogens (tertiary/aromatic N) is 2. The summed E-state index contributed by atoms with van der Waals surface area (Å²) in [7, 11) is 0. The highest BCUT2D eigenvalue weighted by Gasteiger charge is 2.30. The second-order valence-electron chi connectivity index (χ2n) is 16.1. The molecule has 1 atom stereocenters. The number of amides is 3. The molecule has 270 valence electrons. The number of Topliss-reactive ketones (excluding diaryl/α,β-unsaturated/α-hetero) is 1. The van der Waals surface area contributed by atoms with Crippen molar-refractivity contribution in [2.24, 2.45) is 11.3 Å². The first-order valence-corrected chi connectivity index (χ1v) is 19.1. The number of ketones is 1. The SMILES string of the molecule is CC(C)(C)Cc1c(SC(C)(C)C)[nH]c2c(N3CCC(CCC(=O)CCCCCNC(=O)CCCCCN4C(=O)C=CC4=O)C3)c(O)ccc12. The van der Waals surface area contributed by atoms with Crippen molar-refractivity contribution in [2.45, 2.75) is 128 Å². The molecular formula is C39H58N4O5S. The summed E-state index contributed by atoms with van der Waals surface area (Å²) in [6.45, 7) is 16.2. The molecule has 2 aliphatic rings. The normalized spacial score (nSPS) is 16.8. The predicted molar refractivity (Wildman–Crippen MR) is 199 cm³/mol. The van der Waals surface area contributed by atoms with Gasteiger partial charge >= 0.3 is 0 Å². The molecule has 0 aliphatic carbocycles. The van der Waals surface area contributed by atoms with Gasteiger partial charge in [0.2, 0.25) is 5.91 Å². The Morgan fingerprint density at radius 3 is 2.33 bits per heavy atom. The molecular weight excluding hydrogens is 637 g/mol. The Labute approximate surface area is 297 Å². The highest BCUT2D eigenvalue weighted by molar-refractivity contribution is 8.00. The highest BCUT2D eigenvalue weighted by atomic mass is 32.2. The second kappa shape index (κ2) is 17.1. The van der Waals surface area contributed by atoms with Crippen molar-refractivity contribution in [1.82, 2.24) is 15.2 Å². The zero-order valence-corrected chi connectivity index (χ0v) is 31.4. The third-order valence-electron chi connectivity index (χ3n) is 9.18. The fourth-order valence-electron chi connectivity index (χ4n) is 6.77. The van der Waals surface area contributed by atoms with E-state index >= 15 is 0 Å². The number of imide groups is 1. The minimum absolute atomic E-state index is 0.0204. The largest absolute Gasteiger partial charge is 0.506 e. The lowest BCUT2D eigenvalue weighted by Crippen LogP contribution is -2.30. The molecule has 0 saturated carbocycles. The molecule has 0 bridgehead atoms. The van der Waals surface area contributed by atoms with Gasteiger partial charge in [-0.2, -0.15) is 0 Å². The van der Waals surface area contributed by atoms with Crippen LogP contribution in [0.3, 0.4) is 0 Å². The molecule has 3 N–H and O–H groups in total. The summed E-state index contributed by atoms with van der Waals surface area (Å²) in [4.78, 5) is 55.2. The van der Waals surface area contributed by atoms with Crippen molar-refractivity contribution in [3.05, 3.63) is 29.8 Å². The van der Waals surface area contributed by atoms with Crippen LogP contribution in [0.2, 0.25) is 0 Å². The number of fused-ring (bicyclic) bond motifs is 1. The number of carbonyl (C=O) groups is 4. The zero-order chi connectivity index (χ0) is 35.8. The van der Waals surface area contributed by atoms with Gasteiger partial charge in [0.25, 0.3) is 11.8 Å². The average molecular weight is 695 g/mol. The van der Waals surface area contributed by atoms with Crippen LogP contribution in [0.15, 0.2) is 29.3 Å². The molecule has 49 heavy (non-hydrogen) atoms. The van der Waals surface area contributed by atoms with Crippen molar-refractivity contribution in [3.63, 3.8) is 0 Å². The van der Waals surface area contributed by atoms with E-state index in [4.69, 9.17) is 0 Å². The average Bonchev–Trinajstić information content (AvgIpc) is 3.69. The smallest absolute Gasteiger partial charge is 0.253 e. The summed E-state index contributed by atoms with van der Waals surface area (Å²) in [6.07, 6.45) is 11.8. The molecule has 1 aromatic carbocycles. The molecule has 1 fully saturated rings. The molecule has 3 heterocycles. The number of aromatic hydroxyl groups is 1. The number of H-pyrrole nitrogens is 1. The van der Waals surface area contributed by atoms with Crippen LogP contribution < -0.4 is 10.2 Å². The number of hydrogen-bond donors (Lipinski definition) is 3. The van der Waals surface area contributed by atoms with E-state index in [1.165, 1.54) is 33.0 Å². The van der Waals surface area contributed by atoms with Crippen molar-refractivity contribution < 1.29 is 24.3 Å². The number of aromatic amines is 1. The minimum Gasteiger partial charge on any atom is -0.506 e. The molecule has 1 saturated heterocycles. The van der Waals surface area contributed by atoms with Gasteiger partial charge in [0.15, 0.2) is 0 Å². The van der Waals surface area contributed by atoms with Gasteiger partial charge in [-0.25, -0.2) is 0 Å². The third kappa shape index (κ3) is 11.6. The molecule has 1 unspecified atom stereocenters. The molecule has 10 heteroatoms. The van der Waals surface area contributed by atoms with E-state index < -0.39 is 0 Å². The fraction of sp³-hybridized carbons (Fsp3) is 0.641. The quantitative estimate of drug-likeness (QED) is 0.0831. The van der Waals surface area contributed by atoms with Crippen LogP contribution in [-0.2, 0) is 25.6 Å². The monoisotopic (exact) mass is 694 g/mol. The number of anilines is 1. The first-order valence-electron chi connectivity index (χ1n) is 18.2. The number of phenolic OH excluding ortho intramolecular Hbond substituents is 1. The third-order valence-corrected chi connectivity index (χ3v) is 10.3. The number of phenols is 1. The number of aromatic nitrogens is 1. The van der Waals surface area contributed by atoms with Gasteiger partial charge in [-0.05, 0) is 74.0 Å². The number of unbranched alkanes of at least 4 members (excludes halogenated alkanes) is 4. The van der Waals surface area contributed by atoms with Gasteiger partial charge in [-0.1, -0.05) is 54.4 Å². The zero-order valence-electron chi connectivity index (χ0n) is 30.6.